The highest BCUT2D eigenvalue weighted by atomic mass is 16.1. The average Bonchev–Trinajstić information content (AvgIpc) is 2.69. The molecule has 0 atom stereocenters. The molecule has 2 heteroatoms. The van der Waals surface area contributed by atoms with Gasteiger partial charge in [-0.05, 0) is 22.6 Å². The van der Waals surface area contributed by atoms with E-state index in [2.05, 4.69) is 0 Å². The van der Waals surface area contributed by atoms with Crippen molar-refractivity contribution in [2.45, 2.75) is 31.6 Å². The van der Waals surface area contributed by atoms with Crippen LogP contribution in [-0.4, -0.2) is 11.6 Å². The highest BCUT2D eigenvalue weighted by molar-refractivity contribution is 5.85. The molecule has 3 rings (SSSR count). The van der Waals surface area contributed by atoms with Gasteiger partial charge in [-0.25, -0.2) is 0 Å². The van der Waals surface area contributed by atoms with Gasteiger partial charge in [-0.1, -0.05) is 91.0 Å². The fourth-order valence-corrected chi connectivity index (χ4v) is 3.37. The molecular formula is C25H24O2. The Kier molecular flexibility index (Phi) is 6.70. The summed E-state index contributed by atoms with van der Waals surface area (Å²) in [5.74, 6) is 0.267. The van der Waals surface area contributed by atoms with Crippen LogP contribution in [0.15, 0.2) is 91.0 Å². The Morgan fingerprint density at radius 3 is 1.33 bits per heavy atom. The Hall–Kier alpha value is -3.00. The van der Waals surface area contributed by atoms with Gasteiger partial charge in [0.15, 0.2) is 0 Å². The number of ketones is 2. The third-order valence-corrected chi connectivity index (χ3v) is 4.71. The van der Waals surface area contributed by atoms with Gasteiger partial charge in [0.2, 0.25) is 0 Å². The van der Waals surface area contributed by atoms with Gasteiger partial charge in [0.05, 0.1) is 0 Å². The minimum absolute atomic E-state index is 0.0707. The first kappa shape index (κ1) is 18.8. The van der Waals surface area contributed by atoms with Gasteiger partial charge in [0, 0.05) is 25.7 Å². The first-order valence-corrected chi connectivity index (χ1v) is 9.37. The standard InChI is InChI=1S/C25H24O2/c26-24(16-20-10-4-1-5-11-20)18-23(22-14-8-3-9-15-22)19-25(27)17-21-12-6-2-7-13-21/h1-15,23H,16-19H2. The molecule has 0 N–H and O–H groups in total. The zero-order chi connectivity index (χ0) is 18.9. The van der Waals surface area contributed by atoms with Crippen LogP contribution in [0.3, 0.4) is 0 Å². The normalized spacial score (nSPS) is 10.7. The van der Waals surface area contributed by atoms with Crippen molar-refractivity contribution in [3.05, 3.63) is 108 Å². The van der Waals surface area contributed by atoms with Gasteiger partial charge in [0.1, 0.15) is 11.6 Å². The number of hydrogen-bond donors (Lipinski definition) is 0. The average molecular weight is 356 g/mol. The highest BCUT2D eigenvalue weighted by Gasteiger charge is 2.20. The summed E-state index contributed by atoms with van der Waals surface area (Å²) in [6.07, 6.45) is 1.60. The Labute approximate surface area is 160 Å². The van der Waals surface area contributed by atoms with Crippen LogP contribution in [0.25, 0.3) is 0 Å². The molecule has 2 nitrogen and oxygen atoms in total. The third kappa shape index (κ3) is 6.03. The molecule has 0 amide bonds. The fourth-order valence-electron chi connectivity index (χ4n) is 3.37. The van der Waals surface area contributed by atoms with Gasteiger partial charge >= 0.3 is 0 Å². The van der Waals surface area contributed by atoms with Crippen LogP contribution in [0.1, 0.15) is 35.4 Å². The molecule has 0 bridgehead atoms. The molecule has 0 heterocycles. The van der Waals surface area contributed by atoms with E-state index in [0.29, 0.717) is 25.7 Å². The van der Waals surface area contributed by atoms with Crippen LogP contribution >= 0.6 is 0 Å². The molecule has 0 radical (unpaired) electrons. The zero-order valence-corrected chi connectivity index (χ0v) is 15.4. The second-order valence-corrected chi connectivity index (χ2v) is 6.92. The lowest BCUT2D eigenvalue weighted by Gasteiger charge is -2.16. The molecule has 136 valence electrons. The van der Waals surface area contributed by atoms with E-state index in [1.807, 2.05) is 91.0 Å². The number of benzene rings is 3. The number of carbonyl (C=O) groups excluding carboxylic acids is 2. The lowest BCUT2D eigenvalue weighted by atomic mass is 9.86. The van der Waals surface area contributed by atoms with Crippen molar-refractivity contribution in [1.82, 2.24) is 0 Å². The monoisotopic (exact) mass is 356 g/mol. The second-order valence-electron chi connectivity index (χ2n) is 6.92. The van der Waals surface area contributed by atoms with E-state index in [0.717, 1.165) is 16.7 Å². The summed E-state index contributed by atoms with van der Waals surface area (Å²) in [6, 6.07) is 29.5. The smallest absolute Gasteiger partial charge is 0.137 e. The second kappa shape index (κ2) is 9.63. The van der Waals surface area contributed by atoms with Crippen molar-refractivity contribution in [3.8, 4) is 0 Å². The lowest BCUT2D eigenvalue weighted by Crippen LogP contribution is -2.15. The summed E-state index contributed by atoms with van der Waals surface area (Å²) in [4.78, 5) is 25.2. The summed E-state index contributed by atoms with van der Waals surface area (Å²) in [6.45, 7) is 0. The Morgan fingerprint density at radius 2 is 0.926 bits per heavy atom. The molecule has 0 saturated heterocycles. The topological polar surface area (TPSA) is 34.1 Å². The molecule has 0 fully saturated rings. The maximum atomic E-state index is 12.6. The van der Waals surface area contributed by atoms with Crippen molar-refractivity contribution in [1.29, 1.82) is 0 Å². The van der Waals surface area contributed by atoms with E-state index in [4.69, 9.17) is 0 Å². The van der Waals surface area contributed by atoms with E-state index in [9.17, 15) is 9.59 Å². The molecule has 0 unspecified atom stereocenters. The minimum atomic E-state index is -0.0707. The summed E-state index contributed by atoms with van der Waals surface area (Å²) >= 11 is 0. The quantitative estimate of drug-likeness (QED) is 0.530. The van der Waals surface area contributed by atoms with Crippen molar-refractivity contribution >= 4 is 11.6 Å². The van der Waals surface area contributed by atoms with E-state index in [-0.39, 0.29) is 17.5 Å². The van der Waals surface area contributed by atoms with Crippen molar-refractivity contribution < 1.29 is 9.59 Å². The van der Waals surface area contributed by atoms with E-state index < -0.39 is 0 Å². The molecule has 3 aromatic carbocycles. The molecule has 0 aromatic heterocycles. The van der Waals surface area contributed by atoms with Crippen LogP contribution in [0.2, 0.25) is 0 Å². The van der Waals surface area contributed by atoms with Crippen LogP contribution in [0, 0.1) is 0 Å². The van der Waals surface area contributed by atoms with Crippen molar-refractivity contribution in [2.75, 3.05) is 0 Å². The molecule has 3 aromatic rings. The molecule has 27 heavy (non-hydrogen) atoms. The highest BCUT2D eigenvalue weighted by Crippen LogP contribution is 2.25. The molecule has 0 aliphatic carbocycles. The molecule has 0 saturated carbocycles. The van der Waals surface area contributed by atoms with Crippen LogP contribution in [0.5, 0.6) is 0 Å². The van der Waals surface area contributed by atoms with Crippen LogP contribution in [0.4, 0.5) is 0 Å². The van der Waals surface area contributed by atoms with Gasteiger partial charge < -0.3 is 0 Å². The van der Waals surface area contributed by atoms with Gasteiger partial charge in [0.25, 0.3) is 0 Å². The van der Waals surface area contributed by atoms with Crippen LogP contribution in [-0.2, 0) is 22.4 Å². The largest absolute Gasteiger partial charge is 0.299 e. The number of hydrogen-bond acceptors (Lipinski definition) is 2. The first-order valence-electron chi connectivity index (χ1n) is 9.37. The minimum Gasteiger partial charge on any atom is -0.299 e. The Bertz CT molecular complexity index is 799. The SMILES string of the molecule is O=C(Cc1ccccc1)CC(CC(=O)Cc1ccccc1)c1ccccc1. The number of rotatable bonds is 9. The van der Waals surface area contributed by atoms with Crippen molar-refractivity contribution in [3.63, 3.8) is 0 Å². The predicted octanol–water partition coefficient (Wildman–Crippen LogP) is 5.17. The van der Waals surface area contributed by atoms with Crippen LogP contribution < -0.4 is 0 Å². The molecular weight excluding hydrogens is 332 g/mol. The summed E-state index contributed by atoms with van der Waals surface area (Å²) in [7, 11) is 0. The van der Waals surface area contributed by atoms with Gasteiger partial charge in [-0.15, -0.1) is 0 Å². The number of carbonyl (C=O) groups is 2. The van der Waals surface area contributed by atoms with Gasteiger partial charge in [-0.2, -0.15) is 0 Å². The van der Waals surface area contributed by atoms with E-state index >= 15 is 0 Å². The van der Waals surface area contributed by atoms with Gasteiger partial charge in [-0.3, -0.25) is 9.59 Å². The molecule has 0 aliphatic heterocycles. The zero-order valence-electron chi connectivity index (χ0n) is 15.4. The predicted molar refractivity (Wildman–Crippen MR) is 109 cm³/mol. The maximum absolute atomic E-state index is 12.6. The maximum Gasteiger partial charge on any atom is 0.137 e. The van der Waals surface area contributed by atoms with Crippen molar-refractivity contribution in [2.24, 2.45) is 0 Å². The summed E-state index contributed by atoms with van der Waals surface area (Å²) in [5.41, 5.74) is 3.09. The molecule has 0 spiro atoms. The van der Waals surface area contributed by atoms with E-state index in [1.165, 1.54) is 0 Å². The molecule has 0 aliphatic rings. The lowest BCUT2D eigenvalue weighted by molar-refractivity contribution is -0.120. The summed E-state index contributed by atoms with van der Waals surface area (Å²) in [5, 5.41) is 0. The Morgan fingerprint density at radius 1 is 0.556 bits per heavy atom. The number of Topliss-reactive ketones (excluding diaryl/α,β-unsaturated/α-hetero) is 2. The fraction of sp³-hybridized carbons (Fsp3) is 0.200. The Balaban J connectivity index is 1.67. The summed E-state index contributed by atoms with van der Waals surface area (Å²) < 4.78 is 0. The first-order chi connectivity index (χ1) is 13.2. The van der Waals surface area contributed by atoms with E-state index in [1.54, 1.807) is 0 Å². The third-order valence-electron chi connectivity index (χ3n) is 4.71.